The van der Waals surface area contributed by atoms with E-state index in [-0.39, 0.29) is 10.8 Å². The van der Waals surface area contributed by atoms with Crippen molar-refractivity contribution in [3.63, 3.8) is 0 Å². The second-order valence-electron chi connectivity index (χ2n) is 4.65. The first-order valence-electron chi connectivity index (χ1n) is 6.54. The van der Waals surface area contributed by atoms with E-state index < -0.39 is 10.0 Å². The number of sulfonamides is 1. The molecule has 5 nitrogen and oxygen atoms in total. The van der Waals surface area contributed by atoms with Gasteiger partial charge in [0.2, 0.25) is 15.9 Å². The summed E-state index contributed by atoms with van der Waals surface area (Å²) in [6.07, 6.45) is 2.07. The van der Waals surface area contributed by atoms with E-state index in [1.54, 1.807) is 6.92 Å². The van der Waals surface area contributed by atoms with Crippen LogP contribution in [-0.2, 0) is 14.8 Å². The van der Waals surface area contributed by atoms with Gasteiger partial charge in [0, 0.05) is 19.5 Å². The molecule has 20 heavy (non-hydrogen) atoms. The third-order valence-corrected chi connectivity index (χ3v) is 5.46. The Balaban J connectivity index is 2.33. The molecule has 1 amide bonds. The summed E-state index contributed by atoms with van der Waals surface area (Å²) in [7, 11) is -3.50. The van der Waals surface area contributed by atoms with E-state index in [1.807, 2.05) is 0 Å². The van der Waals surface area contributed by atoms with Crippen LogP contribution in [0.1, 0.15) is 26.2 Å². The fraction of sp³-hybridized carbons (Fsp3) is 0.462. The Kier molecular flexibility index (Phi) is 4.67. The van der Waals surface area contributed by atoms with Crippen LogP contribution in [-0.4, -0.2) is 31.7 Å². The molecular formula is C13H17ClN2O3S. The van der Waals surface area contributed by atoms with Gasteiger partial charge in [-0.25, -0.2) is 8.42 Å². The van der Waals surface area contributed by atoms with Gasteiger partial charge in [0.1, 0.15) is 0 Å². The molecule has 0 saturated carbocycles. The van der Waals surface area contributed by atoms with Crippen molar-refractivity contribution in [2.75, 3.05) is 18.4 Å². The standard InChI is InChI=1S/C13H17ClN2O3S/c1-2-13(17)15-12-9-10(5-6-11(12)14)20(18,19)16-7-3-4-8-16/h5-6,9H,2-4,7-8H2,1H3,(H,15,17). The third kappa shape index (κ3) is 3.13. The Bertz CT molecular complexity index is 610. The topological polar surface area (TPSA) is 66.5 Å². The maximum Gasteiger partial charge on any atom is 0.243 e. The number of benzene rings is 1. The second-order valence-corrected chi connectivity index (χ2v) is 7.00. The molecule has 0 spiro atoms. The summed E-state index contributed by atoms with van der Waals surface area (Å²) in [6, 6.07) is 4.39. The van der Waals surface area contributed by atoms with Gasteiger partial charge in [0.25, 0.3) is 0 Å². The molecule has 7 heteroatoms. The molecule has 1 aliphatic heterocycles. The summed E-state index contributed by atoms with van der Waals surface area (Å²) in [5.41, 5.74) is 0.332. The van der Waals surface area contributed by atoms with Crippen molar-refractivity contribution in [2.24, 2.45) is 0 Å². The summed E-state index contributed by atoms with van der Waals surface area (Å²) < 4.78 is 26.3. The highest BCUT2D eigenvalue weighted by molar-refractivity contribution is 7.89. The van der Waals surface area contributed by atoms with Gasteiger partial charge in [0.15, 0.2) is 0 Å². The lowest BCUT2D eigenvalue weighted by atomic mass is 10.3. The molecule has 1 aromatic rings. The smallest absolute Gasteiger partial charge is 0.243 e. The lowest BCUT2D eigenvalue weighted by Crippen LogP contribution is -2.28. The number of nitrogens with zero attached hydrogens (tertiary/aromatic N) is 1. The van der Waals surface area contributed by atoms with Gasteiger partial charge in [-0.05, 0) is 31.0 Å². The van der Waals surface area contributed by atoms with Gasteiger partial charge in [-0.2, -0.15) is 4.31 Å². The summed E-state index contributed by atoms with van der Waals surface area (Å²) in [6.45, 7) is 2.80. The first-order chi connectivity index (χ1) is 9.45. The number of carbonyl (C=O) groups excluding carboxylic acids is 1. The number of nitrogens with one attached hydrogen (secondary N) is 1. The highest BCUT2D eigenvalue weighted by Gasteiger charge is 2.27. The molecule has 1 fully saturated rings. The molecule has 0 unspecified atom stereocenters. The normalized spacial score (nSPS) is 16.3. The van der Waals surface area contributed by atoms with E-state index in [9.17, 15) is 13.2 Å². The zero-order chi connectivity index (χ0) is 14.8. The molecular weight excluding hydrogens is 300 g/mol. The number of halogens is 1. The summed E-state index contributed by atoms with van der Waals surface area (Å²) in [4.78, 5) is 11.6. The third-order valence-electron chi connectivity index (χ3n) is 3.24. The maximum absolute atomic E-state index is 12.4. The molecule has 1 aromatic carbocycles. The van der Waals surface area contributed by atoms with E-state index in [1.165, 1.54) is 22.5 Å². The van der Waals surface area contributed by atoms with Gasteiger partial charge >= 0.3 is 0 Å². The molecule has 1 heterocycles. The highest BCUT2D eigenvalue weighted by Crippen LogP contribution is 2.28. The van der Waals surface area contributed by atoms with Crippen LogP contribution in [0.25, 0.3) is 0 Å². The SMILES string of the molecule is CCC(=O)Nc1cc(S(=O)(=O)N2CCCC2)ccc1Cl. The Morgan fingerprint density at radius 2 is 2.00 bits per heavy atom. The first-order valence-corrected chi connectivity index (χ1v) is 8.36. The van der Waals surface area contributed by atoms with E-state index in [2.05, 4.69) is 5.32 Å². The predicted octanol–water partition coefficient (Wildman–Crippen LogP) is 2.47. The summed E-state index contributed by atoms with van der Waals surface area (Å²) in [5.74, 6) is -0.206. The minimum atomic E-state index is -3.50. The summed E-state index contributed by atoms with van der Waals surface area (Å²) in [5, 5.41) is 2.94. The van der Waals surface area contributed by atoms with Crippen molar-refractivity contribution in [1.29, 1.82) is 0 Å². The minimum absolute atomic E-state index is 0.162. The van der Waals surface area contributed by atoms with Crippen molar-refractivity contribution in [2.45, 2.75) is 31.1 Å². The highest BCUT2D eigenvalue weighted by atomic mass is 35.5. The lowest BCUT2D eigenvalue weighted by molar-refractivity contribution is -0.115. The van der Waals surface area contributed by atoms with Gasteiger partial charge < -0.3 is 5.32 Å². The molecule has 0 aliphatic carbocycles. The minimum Gasteiger partial charge on any atom is -0.325 e. The monoisotopic (exact) mass is 316 g/mol. The Morgan fingerprint density at radius 3 is 2.60 bits per heavy atom. The molecule has 0 radical (unpaired) electrons. The second kappa shape index (κ2) is 6.11. The van der Waals surface area contributed by atoms with Gasteiger partial charge in [-0.1, -0.05) is 18.5 Å². The predicted molar refractivity (Wildman–Crippen MR) is 78.4 cm³/mol. The number of amides is 1. The average Bonchev–Trinajstić information content (AvgIpc) is 2.95. The Morgan fingerprint density at radius 1 is 1.35 bits per heavy atom. The molecule has 1 N–H and O–H groups in total. The van der Waals surface area contributed by atoms with Crippen LogP contribution in [0.4, 0.5) is 5.69 Å². The van der Waals surface area contributed by atoms with Crippen molar-refractivity contribution >= 4 is 33.2 Å². The van der Waals surface area contributed by atoms with Crippen molar-refractivity contribution in [3.8, 4) is 0 Å². The van der Waals surface area contributed by atoms with E-state index in [0.29, 0.717) is 30.2 Å². The van der Waals surface area contributed by atoms with Gasteiger partial charge in [-0.15, -0.1) is 0 Å². The van der Waals surface area contributed by atoms with Crippen LogP contribution in [0.3, 0.4) is 0 Å². The molecule has 110 valence electrons. The van der Waals surface area contributed by atoms with Crippen LogP contribution in [0.2, 0.25) is 5.02 Å². The van der Waals surface area contributed by atoms with Crippen molar-refractivity contribution in [3.05, 3.63) is 23.2 Å². The molecule has 0 bridgehead atoms. The van der Waals surface area contributed by atoms with Crippen LogP contribution < -0.4 is 5.32 Å². The Labute approximate surface area is 124 Å². The van der Waals surface area contributed by atoms with Crippen LogP contribution >= 0.6 is 11.6 Å². The number of hydrogen-bond donors (Lipinski definition) is 1. The summed E-state index contributed by atoms with van der Waals surface area (Å²) >= 11 is 5.98. The Hall–Kier alpha value is -1.11. The van der Waals surface area contributed by atoms with E-state index >= 15 is 0 Å². The van der Waals surface area contributed by atoms with Crippen LogP contribution in [0, 0.1) is 0 Å². The number of anilines is 1. The van der Waals surface area contributed by atoms with Gasteiger partial charge in [-0.3, -0.25) is 4.79 Å². The molecule has 1 saturated heterocycles. The van der Waals surface area contributed by atoms with E-state index in [4.69, 9.17) is 11.6 Å². The molecule has 0 aromatic heterocycles. The average molecular weight is 317 g/mol. The zero-order valence-corrected chi connectivity index (χ0v) is 12.8. The number of rotatable bonds is 4. The largest absolute Gasteiger partial charge is 0.325 e. The van der Waals surface area contributed by atoms with Crippen LogP contribution in [0.15, 0.2) is 23.1 Å². The zero-order valence-electron chi connectivity index (χ0n) is 11.2. The first kappa shape index (κ1) is 15.3. The number of carbonyl (C=O) groups is 1. The van der Waals surface area contributed by atoms with Crippen molar-refractivity contribution in [1.82, 2.24) is 4.31 Å². The van der Waals surface area contributed by atoms with Crippen molar-refractivity contribution < 1.29 is 13.2 Å². The maximum atomic E-state index is 12.4. The van der Waals surface area contributed by atoms with E-state index in [0.717, 1.165) is 12.8 Å². The lowest BCUT2D eigenvalue weighted by Gasteiger charge is -2.16. The molecule has 0 atom stereocenters. The molecule has 2 rings (SSSR count). The van der Waals surface area contributed by atoms with Gasteiger partial charge in [0.05, 0.1) is 15.6 Å². The fourth-order valence-corrected chi connectivity index (χ4v) is 3.79. The fourth-order valence-electron chi connectivity index (χ4n) is 2.08. The number of hydrogen-bond acceptors (Lipinski definition) is 3. The quantitative estimate of drug-likeness (QED) is 0.928. The van der Waals surface area contributed by atoms with Crippen LogP contribution in [0.5, 0.6) is 0 Å². The molecule has 1 aliphatic rings.